The standard InChI is InChI=1S/C19H28Cl2N2O4S/c1-4-14(5-2)13-22(6-3)19(24)15-11-18(17(21)12-16(15)20)28(25,26)23-7-9-27-10-8-23/h11-12,14H,4-10,13H2,1-3H3. The summed E-state index contributed by atoms with van der Waals surface area (Å²) in [5.74, 6) is 0.0982. The fourth-order valence-electron chi connectivity index (χ4n) is 3.20. The van der Waals surface area contributed by atoms with Crippen LogP contribution in [0.4, 0.5) is 0 Å². The van der Waals surface area contributed by atoms with Crippen LogP contribution in [0.3, 0.4) is 0 Å². The Bertz CT molecular complexity index is 791. The first-order valence-electron chi connectivity index (χ1n) is 9.62. The van der Waals surface area contributed by atoms with Crippen molar-refractivity contribution in [3.8, 4) is 0 Å². The van der Waals surface area contributed by atoms with Gasteiger partial charge in [-0.25, -0.2) is 8.42 Å². The van der Waals surface area contributed by atoms with Gasteiger partial charge in [-0.1, -0.05) is 49.9 Å². The van der Waals surface area contributed by atoms with Gasteiger partial charge < -0.3 is 9.64 Å². The van der Waals surface area contributed by atoms with Gasteiger partial charge in [0.15, 0.2) is 0 Å². The molecule has 1 amide bonds. The molecule has 2 rings (SSSR count). The van der Waals surface area contributed by atoms with Crippen LogP contribution < -0.4 is 0 Å². The Kier molecular flexibility index (Phi) is 8.58. The number of nitrogens with zero attached hydrogens (tertiary/aromatic N) is 2. The number of ether oxygens (including phenoxy) is 1. The molecule has 0 unspecified atom stereocenters. The fraction of sp³-hybridized carbons (Fsp3) is 0.632. The van der Waals surface area contributed by atoms with Crippen LogP contribution in [0.5, 0.6) is 0 Å². The summed E-state index contributed by atoms with van der Waals surface area (Å²) in [5, 5.41) is 0.162. The summed E-state index contributed by atoms with van der Waals surface area (Å²) >= 11 is 12.5. The number of hydrogen-bond acceptors (Lipinski definition) is 4. The molecule has 0 radical (unpaired) electrons. The second-order valence-electron chi connectivity index (χ2n) is 6.81. The van der Waals surface area contributed by atoms with Crippen LogP contribution in [0.1, 0.15) is 44.0 Å². The van der Waals surface area contributed by atoms with Gasteiger partial charge in [0.25, 0.3) is 5.91 Å². The third-order valence-corrected chi connectivity index (χ3v) is 7.82. The molecule has 6 nitrogen and oxygen atoms in total. The van der Waals surface area contributed by atoms with Crippen LogP contribution >= 0.6 is 23.2 Å². The van der Waals surface area contributed by atoms with E-state index in [0.717, 1.165) is 12.8 Å². The van der Waals surface area contributed by atoms with E-state index in [-0.39, 0.29) is 39.5 Å². The lowest BCUT2D eigenvalue weighted by Gasteiger charge is -2.28. The minimum Gasteiger partial charge on any atom is -0.379 e. The van der Waals surface area contributed by atoms with Crippen molar-refractivity contribution in [2.45, 2.75) is 38.5 Å². The maximum absolute atomic E-state index is 13.1. The average molecular weight is 451 g/mol. The highest BCUT2D eigenvalue weighted by Gasteiger charge is 2.31. The Hall–Kier alpha value is -0.860. The molecule has 0 atom stereocenters. The molecule has 0 spiro atoms. The quantitative estimate of drug-likeness (QED) is 0.601. The maximum atomic E-state index is 13.1. The van der Waals surface area contributed by atoms with Gasteiger partial charge in [-0.2, -0.15) is 4.31 Å². The molecule has 1 aliphatic heterocycles. The molecule has 1 aliphatic rings. The number of benzene rings is 1. The monoisotopic (exact) mass is 450 g/mol. The smallest absolute Gasteiger partial charge is 0.255 e. The second-order valence-corrected chi connectivity index (χ2v) is 9.53. The molecule has 0 N–H and O–H groups in total. The van der Waals surface area contributed by atoms with E-state index in [2.05, 4.69) is 13.8 Å². The van der Waals surface area contributed by atoms with Crippen LogP contribution in [-0.4, -0.2) is 62.9 Å². The predicted molar refractivity (Wildman–Crippen MR) is 112 cm³/mol. The van der Waals surface area contributed by atoms with Crippen molar-refractivity contribution >= 4 is 39.1 Å². The van der Waals surface area contributed by atoms with Gasteiger partial charge in [0.05, 0.1) is 28.8 Å². The number of halogens is 2. The fourth-order valence-corrected chi connectivity index (χ4v) is 5.44. The minimum absolute atomic E-state index is 0.0103. The highest BCUT2D eigenvalue weighted by molar-refractivity contribution is 7.89. The topological polar surface area (TPSA) is 66.9 Å². The van der Waals surface area contributed by atoms with Gasteiger partial charge in [-0.15, -0.1) is 0 Å². The first-order chi connectivity index (χ1) is 13.3. The molecule has 28 heavy (non-hydrogen) atoms. The zero-order valence-electron chi connectivity index (χ0n) is 16.6. The van der Waals surface area contributed by atoms with Crippen LogP contribution in [0.15, 0.2) is 17.0 Å². The van der Waals surface area contributed by atoms with Crippen molar-refractivity contribution in [1.29, 1.82) is 0 Å². The van der Waals surface area contributed by atoms with Crippen molar-refractivity contribution < 1.29 is 17.9 Å². The van der Waals surface area contributed by atoms with Gasteiger partial charge in [-0.3, -0.25) is 4.79 Å². The van der Waals surface area contributed by atoms with Crippen LogP contribution in [-0.2, 0) is 14.8 Å². The van der Waals surface area contributed by atoms with Crippen molar-refractivity contribution in [3.05, 3.63) is 27.7 Å². The van der Waals surface area contributed by atoms with Crippen molar-refractivity contribution in [2.75, 3.05) is 39.4 Å². The van der Waals surface area contributed by atoms with E-state index in [1.165, 1.54) is 16.4 Å². The predicted octanol–water partition coefficient (Wildman–Crippen LogP) is 3.91. The third-order valence-electron chi connectivity index (χ3n) is 5.14. The normalized spacial score (nSPS) is 15.8. The summed E-state index contributed by atoms with van der Waals surface area (Å²) in [6.07, 6.45) is 1.93. The lowest BCUT2D eigenvalue weighted by Crippen LogP contribution is -2.41. The SMILES string of the molecule is CCC(CC)CN(CC)C(=O)c1cc(S(=O)(=O)N2CCOCC2)c(Cl)cc1Cl. The average Bonchev–Trinajstić information content (AvgIpc) is 2.69. The van der Waals surface area contributed by atoms with E-state index in [0.29, 0.717) is 32.2 Å². The lowest BCUT2D eigenvalue weighted by atomic mass is 10.0. The Morgan fingerprint density at radius 3 is 2.29 bits per heavy atom. The highest BCUT2D eigenvalue weighted by Crippen LogP contribution is 2.32. The molecule has 1 aromatic rings. The zero-order valence-corrected chi connectivity index (χ0v) is 18.9. The summed E-state index contributed by atoms with van der Waals surface area (Å²) in [4.78, 5) is 14.7. The molecule has 158 valence electrons. The number of carbonyl (C=O) groups excluding carboxylic acids is 1. The Morgan fingerprint density at radius 1 is 1.14 bits per heavy atom. The van der Waals surface area contributed by atoms with Gasteiger partial charge >= 0.3 is 0 Å². The Labute approximate surface area is 177 Å². The summed E-state index contributed by atoms with van der Waals surface area (Å²) < 4.78 is 32.6. The third kappa shape index (κ3) is 5.19. The summed E-state index contributed by atoms with van der Waals surface area (Å²) in [7, 11) is -3.84. The molecule has 1 saturated heterocycles. The number of morpholine rings is 1. The molecular formula is C19H28Cl2N2O4S. The van der Waals surface area contributed by atoms with Crippen LogP contribution in [0, 0.1) is 5.92 Å². The number of carbonyl (C=O) groups is 1. The zero-order chi connectivity index (χ0) is 20.9. The Balaban J connectivity index is 2.40. The maximum Gasteiger partial charge on any atom is 0.255 e. The van der Waals surface area contributed by atoms with E-state index in [1.54, 1.807) is 4.90 Å². The first-order valence-corrected chi connectivity index (χ1v) is 11.8. The van der Waals surface area contributed by atoms with Crippen LogP contribution in [0.2, 0.25) is 10.0 Å². The van der Waals surface area contributed by atoms with E-state index < -0.39 is 10.0 Å². The lowest BCUT2D eigenvalue weighted by molar-refractivity contribution is 0.0727. The summed E-state index contributed by atoms with van der Waals surface area (Å²) in [5.41, 5.74) is 0.158. The van der Waals surface area contributed by atoms with Gasteiger partial charge in [0.2, 0.25) is 10.0 Å². The molecule has 0 aromatic heterocycles. The van der Waals surface area contributed by atoms with Gasteiger partial charge in [0.1, 0.15) is 4.90 Å². The van der Waals surface area contributed by atoms with E-state index in [9.17, 15) is 13.2 Å². The van der Waals surface area contributed by atoms with Crippen molar-refractivity contribution in [2.24, 2.45) is 5.92 Å². The second kappa shape index (κ2) is 10.3. The largest absolute Gasteiger partial charge is 0.379 e. The Morgan fingerprint density at radius 2 is 1.75 bits per heavy atom. The summed E-state index contributed by atoms with van der Waals surface area (Å²) in [6, 6.07) is 2.65. The van der Waals surface area contributed by atoms with Crippen molar-refractivity contribution in [1.82, 2.24) is 9.21 Å². The first kappa shape index (κ1) is 23.4. The highest BCUT2D eigenvalue weighted by atomic mass is 35.5. The summed E-state index contributed by atoms with van der Waals surface area (Å²) in [6.45, 7) is 8.36. The molecule has 1 heterocycles. The van der Waals surface area contributed by atoms with E-state index >= 15 is 0 Å². The molecule has 0 saturated carbocycles. The molecule has 9 heteroatoms. The number of rotatable bonds is 8. The van der Waals surface area contributed by atoms with E-state index in [4.69, 9.17) is 27.9 Å². The number of sulfonamides is 1. The number of amides is 1. The molecular weight excluding hydrogens is 423 g/mol. The van der Waals surface area contributed by atoms with Gasteiger partial charge in [0, 0.05) is 26.2 Å². The van der Waals surface area contributed by atoms with E-state index in [1.807, 2.05) is 6.92 Å². The van der Waals surface area contributed by atoms with Crippen LogP contribution in [0.25, 0.3) is 0 Å². The molecule has 1 fully saturated rings. The minimum atomic E-state index is -3.84. The molecule has 1 aromatic carbocycles. The molecule has 0 bridgehead atoms. The number of hydrogen-bond donors (Lipinski definition) is 0. The van der Waals surface area contributed by atoms with Gasteiger partial charge in [-0.05, 0) is 25.0 Å². The molecule has 0 aliphatic carbocycles. The van der Waals surface area contributed by atoms with Crippen molar-refractivity contribution in [3.63, 3.8) is 0 Å².